The highest BCUT2D eigenvalue weighted by Gasteiger charge is 2.45. The first kappa shape index (κ1) is 62.5. The summed E-state index contributed by atoms with van der Waals surface area (Å²) in [5, 5.41) is 9.42. The van der Waals surface area contributed by atoms with Crippen LogP contribution in [0.2, 0.25) is 0 Å². The van der Waals surface area contributed by atoms with Gasteiger partial charge in [0, 0.05) is 72.6 Å². The number of benzene rings is 2. The zero-order valence-corrected chi connectivity index (χ0v) is 50.4. The maximum atomic E-state index is 14.6. The van der Waals surface area contributed by atoms with Crippen molar-refractivity contribution in [1.29, 1.82) is 0 Å². The standard InChI is InChI=1S/C61H99N7O10/c1-17-38(7)57(65(10)61(72)56(37(5)6)64-60(71)55(62-9)36(3)4)53(77-15)34-54(69)68-24-19-20-46(68)58(78-16)39(8)59(70)63-23-27-66-25-21-41-30-49(73-11)51(75-13)32-44(41)47(66)28-43-29-48-45-33-52(76-14)50(74-12)31-42(45)22-26-67(48)35-40(43)18-2/h30-33,36-40,43,46-48,53,55-58,62H,17-29,34-35H2,1-16H3,(H,63,70)(H,64,71)/t38-,39+,40-,43-,46?,47+,48?,53+,55-,56-,57-,58+/m0/s1. The quantitative estimate of drug-likeness (QED) is 0.0830. The van der Waals surface area contributed by atoms with Gasteiger partial charge in [-0.05, 0) is 122 Å². The zero-order valence-electron chi connectivity index (χ0n) is 50.4. The lowest BCUT2D eigenvalue weighted by Crippen LogP contribution is -2.59. The van der Waals surface area contributed by atoms with E-state index in [0.717, 1.165) is 87.6 Å². The molecule has 0 radical (unpaired) electrons. The number of likely N-dealkylation sites (tertiary alicyclic amines) is 1. The van der Waals surface area contributed by atoms with Gasteiger partial charge in [0.25, 0.3) is 0 Å². The second kappa shape index (κ2) is 28.6. The molecule has 2 fully saturated rings. The molecular weight excluding hydrogens is 991 g/mol. The first-order valence-corrected chi connectivity index (χ1v) is 29.2. The van der Waals surface area contributed by atoms with Gasteiger partial charge in [-0.25, -0.2) is 0 Å². The molecule has 0 saturated carbocycles. The summed E-state index contributed by atoms with van der Waals surface area (Å²) in [4.78, 5) is 65.5. The van der Waals surface area contributed by atoms with E-state index in [4.69, 9.17) is 28.4 Å². The van der Waals surface area contributed by atoms with Gasteiger partial charge < -0.3 is 54.2 Å². The van der Waals surface area contributed by atoms with Crippen molar-refractivity contribution in [3.63, 3.8) is 0 Å². The van der Waals surface area contributed by atoms with Crippen molar-refractivity contribution in [1.82, 2.24) is 35.6 Å². The molecule has 6 rings (SSSR count). The number of likely N-dealkylation sites (N-methyl/N-ethyl adjacent to an activating group) is 2. The Morgan fingerprint density at radius 3 is 1.91 bits per heavy atom. The summed E-state index contributed by atoms with van der Waals surface area (Å²) in [6.45, 7) is 20.7. The fourth-order valence-electron chi connectivity index (χ4n) is 13.7. The van der Waals surface area contributed by atoms with Crippen molar-refractivity contribution in [2.75, 3.05) is 96.0 Å². The Balaban J connectivity index is 1.15. The number of rotatable bonds is 27. The summed E-state index contributed by atoms with van der Waals surface area (Å²) >= 11 is 0. The largest absolute Gasteiger partial charge is 0.493 e. The lowest BCUT2D eigenvalue weighted by atomic mass is 9.72. The van der Waals surface area contributed by atoms with Gasteiger partial charge in [0.2, 0.25) is 23.6 Å². The van der Waals surface area contributed by atoms with E-state index in [0.29, 0.717) is 37.9 Å². The predicted molar refractivity (Wildman–Crippen MR) is 305 cm³/mol. The average molecular weight is 1090 g/mol. The molecule has 4 aliphatic rings. The van der Waals surface area contributed by atoms with E-state index in [-0.39, 0.29) is 65.9 Å². The monoisotopic (exact) mass is 1090 g/mol. The van der Waals surface area contributed by atoms with Gasteiger partial charge >= 0.3 is 0 Å². The normalized spacial score (nSPS) is 23.2. The van der Waals surface area contributed by atoms with E-state index in [1.807, 2.05) is 39.5 Å². The second-order valence-electron chi connectivity index (χ2n) is 23.4. The molecule has 0 bridgehead atoms. The number of hydrogen-bond donors (Lipinski definition) is 3. The number of carbonyl (C=O) groups is 4. The van der Waals surface area contributed by atoms with Crippen molar-refractivity contribution in [3.05, 3.63) is 46.5 Å². The number of nitrogens with one attached hydrogen (secondary N) is 3. The molecule has 0 aliphatic carbocycles. The minimum atomic E-state index is -0.768. The van der Waals surface area contributed by atoms with Crippen molar-refractivity contribution in [3.8, 4) is 23.0 Å². The minimum Gasteiger partial charge on any atom is -0.493 e. The van der Waals surface area contributed by atoms with E-state index in [1.54, 1.807) is 61.7 Å². The molecule has 17 nitrogen and oxygen atoms in total. The molecule has 2 aromatic rings. The van der Waals surface area contributed by atoms with E-state index >= 15 is 0 Å². The molecule has 17 heteroatoms. The maximum absolute atomic E-state index is 14.6. The Bertz CT molecular complexity index is 2320. The molecule has 78 heavy (non-hydrogen) atoms. The highest BCUT2D eigenvalue weighted by atomic mass is 16.5. The minimum absolute atomic E-state index is 0.0243. The fraction of sp³-hybridized carbons (Fsp3) is 0.738. The number of nitrogens with zero attached hydrogens (tertiary/aromatic N) is 4. The molecule has 438 valence electrons. The second-order valence-corrected chi connectivity index (χ2v) is 23.4. The van der Waals surface area contributed by atoms with Gasteiger partial charge in [0.05, 0.1) is 71.1 Å². The summed E-state index contributed by atoms with van der Waals surface area (Å²) in [5.41, 5.74) is 5.21. The van der Waals surface area contributed by atoms with Crippen LogP contribution in [0.5, 0.6) is 23.0 Å². The van der Waals surface area contributed by atoms with E-state index < -0.39 is 36.3 Å². The van der Waals surface area contributed by atoms with Crippen LogP contribution in [0, 0.1) is 35.5 Å². The van der Waals surface area contributed by atoms with Crippen molar-refractivity contribution >= 4 is 23.6 Å². The van der Waals surface area contributed by atoms with Crippen LogP contribution >= 0.6 is 0 Å². The summed E-state index contributed by atoms with van der Waals surface area (Å²) in [5.74, 6) is 2.57. The van der Waals surface area contributed by atoms with Crippen LogP contribution in [0.1, 0.15) is 135 Å². The van der Waals surface area contributed by atoms with Crippen LogP contribution in [-0.2, 0) is 41.5 Å². The third kappa shape index (κ3) is 13.9. The van der Waals surface area contributed by atoms with Gasteiger partial charge in [-0.3, -0.25) is 29.0 Å². The molecule has 4 heterocycles. The molecule has 0 aromatic heterocycles. The van der Waals surface area contributed by atoms with Crippen molar-refractivity contribution in [2.24, 2.45) is 35.5 Å². The first-order valence-electron chi connectivity index (χ1n) is 29.2. The highest BCUT2D eigenvalue weighted by molar-refractivity contribution is 5.90. The molecule has 12 atom stereocenters. The summed E-state index contributed by atoms with van der Waals surface area (Å²) in [6, 6.07) is 7.11. The summed E-state index contributed by atoms with van der Waals surface area (Å²) < 4.78 is 35.6. The average Bonchev–Trinajstić information content (AvgIpc) is 3.97. The molecule has 4 amide bonds. The van der Waals surface area contributed by atoms with Crippen LogP contribution < -0.4 is 34.9 Å². The lowest BCUT2D eigenvalue weighted by Gasteiger charge is -2.49. The number of methoxy groups -OCH3 is 6. The Kier molecular flexibility index (Phi) is 23.0. The number of fused-ring (bicyclic) bond motifs is 4. The van der Waals surface area contributed by atoms with E-state index in [1.165, 1.54) is 22.3 Å². The Labute approximate surface area is 467 Å². The van der Waals surface area contributed by atoms with Crippen molar-refractivity contribution in [2.45, 2.75) is 162 Å². The van der Waals surface area contributed by atoms with Gasteiger partial charge in [-0.1, -0.05) is 68.2 Å². The van der Waals surface area contributed by atoms with Crippen LogP contribution in [-0.4, -0.2) is 176 Å². The Morgan fingerprint density at radius 1 is 0.744 bits per heavy atom. The number of amides is 4. The van der Waals surface area contributed by atoms with E-state index in [2.05, 4.69) is 70.8 Å². The zero-order chi connectivity index (χ0) is 57.1. The predicted octanol–water partition coefficient (Wildman–Crippen LogP) is 7.08. The lowest BCUT2D eigenvalue weighted by molar-refractivity contribution is -0.147. The van der Waals surface area contributed by atoms with Gasteiger partial charge in [0.15, 0.2) is 23.0 Å². The van der Waals surface area contributed by atoms with Gasteiger partial charge in [-0.2, -0.15) is 0 Å². The van der Waals surface area contributed by atoms with Crippen molar-refractivity contribution < 1.29 is 47.6 Å². The first-order chi connectivity index (χ1) is 37.3. The topological polar surface area (TPSA) is 173 Å². The third-order valence-corrected chi connectivity index (χ3v) is 18.4. The van der Waals surface area contributed by atoms with E-state index in [9.17, 15) is 19.2 Å². The molecule has 4 aliphatic heterocycles. The Morgan fingerprint density at radius 2 is 1.35 bits per heavy atom. The smallest absolute Gasteiger partial charge is 0.245 e. The summed E-state index contributed by atoms with van der Waals surface area (Å²) in [6.07, 6.45) is 6.03. The molecular formula is C61H99N7O10. The maximum Gasteiger partial charge on any atom is 0.245 e. The number of piperidine rings is 1. The van der Waals surface area contributed by atoms with Crippen LogP contribution in [0.25, 0.3) is 0 Å². The fourth-order valence-corrected chi connectivity index (χ4v) is 13.7. The number of carbonyl (C=O) groups excluding carboxylic acids is 4. The molecule has 2 aromatic carbocycles. The molecule has 2 unspecified atom stereocenters. The molecule has 0 spiro atoms. The SMILES string of the molecule is CC[C@H]1CN2CCc3cc(OC)c(OC)cc3C2C[C@@H]1C[C@@H]1c2cc(OC)c(OC)cc2CCN1CCNC(=O)[C@H](C)[C@@H](OC)C1CCCN1C(=O)C[C@@H](OC)[C@H]([C@@H](C)CC)N(C)C(=O)[C@@H](NC(=O)[C@@H](NC)C(C)C)C(C)C. The molecule has 2 saturated heterocycles. The van der Waals surface area contributed by atoms with Crippen LogP contribution in [0.3, 0.4) is 0 Å². The molecule has 3 N–H and O–H groups in total. The number of hydrogen-bond acceptors (Lipinski definition) is 13. The summed E-state index contributed by atoms with van der Waals surface area (Å²) in [7, 11) is 13.5. The van der Waals surface area contributed by atoms with Crippen LogP contribution in [0.4, 0.5) is 0 Å². The van der Waals surface area contributed by atoms with Crippen LogP contribution in [0.15, 0.2) is 24.3 Å². The third-order valence-electron chi connectivity index (χ3n) is 18.4. The highest BCUT2D eigenvalue weighted by Crippen LogP contribution is 2.49. The van der Waals surface area contributed by atoms with Gasteiger partial charge in [0.1, 0.15) is 6.04 Å². The number of ether oxygens (including phenoxy) is 6. The van der Waals surface area contributed by atoms with Gasteiger partial charge in [-0.15, -0.1) is 0 Å². The Hall–Kier alpha value is -4.68.